The predicted molar refractivity (Wildman–Crippen MR) is 62.9 cm³/mol. The van der Waals surface area contributed by atoms with Crippen LogP contribution in [0.4, 0.5) is 0 Å². The van der Waals surface area contributed by atoms with Gasteiger partial charge in [0.2, 0.25) is 5.91 Å². The SMILES string of the molecule is CNC(=O)C(C)NC1CCCC1S(C)(=O)=O. The summed E-state index contributed by atoms with van der Waals surface area (Å²) in [5, 5.41) is 5.29. The van der Waals surface area contributed by atoms with Gasteiger partial charge in [-0.1, -0.05) is 6.42 Å². The van der Waals surface area contributed by atoms with E-state index in [-0.39, 0.29) is 23.2 Å². The lowest BCUT2D eigenvalue weighted by molar-refractivity contribution is -0.122. The zero-order valence-electron chi connectivity index (χ0n) is 9.99. The van der Waals surface area contributed by atoms with Crippen molar-refractivity contribution in [3.05, 3.63) is 0 Å². The van der Waals surface area contributed by atoms with Crippen LogP contribution < -0.4 is 10.6 Å². The molecule has 2 N–H and O–H groups in total. The van der Waals surface area contributed by atoms with Crippen LogP contribution in [0.5, 0.6) is 0 Å². The summed E-state index contributed by atoms with van der Waals surface area (Å²) in [6, 6.07) is -0.445. The van der Waals surface area contributed by atoms with Crippen molar-refractivity contribution in [2.24, 2.45) is 0 Å². The standard InChI is InChI=1S/C10H20N2O3S/c1-7(10(13)11-2)12-8-5-4-6-9(8)16(3,14)15/h7-9,12H,4-6H2,1-3H3,(H,11,13). The van der Waals surface area contributed by atoms with Gasteiger partial charge in [0.1, 0.15) is 0 Å². The number of carbonyl (C=O) groups is 1. The summed E-state index contributed by atoms with van der Waals surface area (Å²) >= 11 is 0. The van der Waals surface area contributed by atoms with Gasteiger partial charge in [0, 0.05) is 19.3 Å². The van der Waals surface area contributed by atoms with Crippen LogP contribution in [0.3, 0.4) is 0 Å². The molecule has 1 fully saturated rings. The molecule has 5 nitrogen and oxygen atoms in total. The van der Waals surface area contributed by atoms with Crippen LogP contribution in [0.2, 0.25) is 0 Å². The van der Waals surface area contributed by atoms with E-state index in [0.717, 1.165) is 12.8 Å². The van der Waals surface area contributed by atoms with Gasteiger partial charge in [-0.15, -0.1) is 0 Å². The molecule has 1 aliphatic carbocycles. The van der Waals surface area contributed by atoms with E-state index >= 15 is 0 Å². The minimum atomic E-state index is -3.02. The van der Waals surface area contributed by atoms with E-state index in [2.05, 4.69) is 10.6 Å². The number of nitrogens with one attached hydrogen (secondary N) is 2. The van der Waals surface area contributed by atoms with Crippen molar-refractivity contribution in [3.63, 3.8) is 0 Å². The fourth-order valence-electron chi connectivity index (χ4n) is 2.24. The number of sulfone groups is 1. The van der Waals surface area contributed by atoms with Gasteiger partial charge in [-0.25, -0.2) is 8.42 Å². The maximum Gasteiger partial charge on any atom is 0.236 e. The average Bonchev–Trinajstić information content (AvgIpc) is 2.63. The topological polar surface area (TPSA) is 75.3 Å². The molecule has 0 bridgehead atoms. The van der Waals surface area contributed by atoms with E-state index < -0.39 is 9.84 Å². The molecular formula is C10H20N2O3S. The second kappa shape index (κ2) is 5.14. The molecule has 16 heavy (non-hydrogen) atoms. The Kier molecular flexibility index (Phi) is 4.32. The Morgan fingerprint density at radius 2 is 2.00 bits per heavy atom. The first-order valence-corrected chi connectivity index (χ1v) is 7.48. The summed E-state index contributed by atoms with van der Waals surface area (Å²) in [6.45, 7) is 1.75. The van der Waals surface area contributed by atoms with Gasteiger partial charge in [0.25, 0.3) is 0 Å². The quantitative estimate of drug-likeness (QED) is 0.715. The summed E-state index contributed by atoms with van der Waals surface area (Å²) in [5.41, 5.74) is 0. The van der Waals surface area contributed by atoms with Crippen LogP contribution in [0, 0.1) is 0 Å². The Morgan fingerprint density at radius 1 is 1.38 bits per heavy atom. The minimum Gasteiger partial charge on any atom is -0.358 e. The van der Waals surface area contributed by atoms with Gasteiger partial charge in [0.05, 0.1) is 11.3 Å². The van der Waals surface area contributed by atoms with E-state index in [9.17, 15) is 13.2 Å². The first-order valence-electron chi connectivity index (χ1n) is 5.52. The fourth-order valence-corrected chi connectivity index (χ4v) is 3.65. The van der Waals surface area contributed by atoms with Crippen molar-refractivity contribution >= 4 is 15.7 Å². The second-order valence-corrected chi connectivity index (χ2v) is 6.67. The molecule has 1 aliphatic rings. The Labute approximate surface area is 96.9 Å². The lowest BCUT2D eigenvalue weighted by atomic mass is 10.2. The van der Waals surface area contributed by atoms with Crippen molar-refractivity contribution in [1.82, 2.24) is 10.6 Å². The van der Waals surface area contributed by atoms with E-state index in [1.807, 2.05) is 0 Å². The summed E-state index contributed by atoms with van der Waals surface area (Å²) < 4.78 is 23.0. The second-order valence-electron chi connectivity index (χ2n) is 4.41. The summed E-state index contributed by atoms with van der Waals surface area (Å²) in [4.78, 5) is 11.3. The maximum absolute atomic E-state index is 11.5. The van der Waals surface area contributed by atoms with Crippen molar-refractivity contribution in [1.29, 1.82) is 0 Å². The number of likely N-dealkylation sites (N-methyl/N-ethyl adjacent to an activating group) is 1. The van der Waals surface area contributed by atoms with E-state index in [0.29, 0.717) is 6.42 Å². The molecule has 0 aromatic heterocycles. The molecular weight excluding hydrogens is 228 g/mol. The molecule has 3 atom stereocenters. The Balaban J connectivity index is 2.64. The Hall–Kier alpha value is -0.620. The molecule has 0 aromatic carbocycles. The predicted octanol–water partition coefficient (Wildman–Crippen LogP) is -0.324. The molecule has 1 amide bonds. The highest BCUT2D eigenvalue weighted by Crippen LogP contribution is 2.25. The highest BCUT2D eigenvalue weighted by Gasteiger charge is 2.35. The van der Waals surface area contributed by atoms with Crippen LogP contribution in [0.15, 0.2) is 0 Å². The van der Waals surface area contributed by atoms with E-state index in [1.54, 1.807) is 14.0 Å². The van der Waals surface area contributed by atoms with Crippen molar-refractivity contribution < 1.29 is 13.2 Å². The van der Waals surface area contributed by atoms with Gasteiger partial charge in [-0.3, -0.25) is 4.79 Å². The third-order valence-corrected chi connectivity index (χ3v) is 4.77. The first kappa shape index (κ1) is 13.4. The van der Waals surface area contributed by atoms with Gasteiger partial charge in [0.15, 0.2) is 9.84 Å². The number of hydrogen-bond donors (Lipinski definition) is 2. The number of rotatable bonds is 4. The van der Waals surface area contributed by atoms with Crippen LogP contribution in [0.1, 0.15) is 26.2 Å². The molecule has 6 heteroatoms. The third kappa shape index (κ3) is 3.18. The van der Waals surface area contributed by atoms with Crippen LogP contribution in [-0.4, -0.2) is 45.0 Å². The van der Waals surface area contributed by atoms with E-state index in [1.165, 1.54) is 6.26 Å². The lowest BCUT2D eigenvalue weighted by Gasteiger charge is -2.23. The maximum atomic E-state index is 11.5. The molecule has 3 unspecified atom stereocenters. The molecule has 0 saturated heterocycles. The zero-order valence-corrected chi connectivity index (χ0v) is 10.8. The monoisotopic (exact) mass is 248 g/mol. The average molecular weight is 248 g/mol. The smallest absolute Gasteiger partial charge is 0.236 e. The van der Waals surface area contributed by atoms with Gasteiger partial charge < -0.3 is 10.6 Å². The first-order chi connectivity index (χ1) is 7.36. The number of carbonyl (C=O) groups excluding carboxylic acids is 1. The molecule has 0 aliphatic heterocycles. The third-order valence-electron chi connectivity index (χ3n) is 3.11. The molecule has 0 spiro atoms. The van der Waals surface area contributed by atoms with Gasteiger partial charge >= 0.3 is 0 Å². The molecule has 0 aromatic rings. The lowest BCUT2D eigenvalue weighted by Crippen LogP contribution is -2.49. The highest BCUT2D eigenvalue weighted by atomic mass is 32.2. The molecule has 0 radical (unpaired) electrons. The van der Waals surface area contributed by atoms with Crippen molar-refractivity contribution in [3.8, 4) is 0 Å². The fraction of sp³-hybridized carbons (Fsp3) is 0.900. The Morgan fingerprint density at radius 3 is 2.50 bits per heavy atom. The largest absolute Gasteiger partial charge is 0.358 e. The van der Waals surface area contributed by atoms with E-state index in [4.69, 9.17) is 0 Å². The molecule has 1 rings (SSSR count). The summed E-state index contributed by atoms with van der Waals surface area (Å²) in [7, 11) is -1.45. The number of hydrogen-bond acceptors (Lipinski definition) is 4. The Bertz CT molecular complexity index is 353. The van der Waals surface area contributed by atoms with Crippen LogP contribution in [0.25, 0.3) is 0 Å². The van der Waals surface area contributed by atoms with Gasteiger partial charge in [-0.05, 0) is 19.8 Å². The van der Waals surface area contributed by atoms with Gasteiger partial charge in [-0.2, -0.15) is 0 Å². The highest BCUT2D eigenvalue weighted by molar-refractivity contribution is 7.91. The molecule has 94 valence electrons. The minimum absolute atomic E-state index is 0.0951. The molecule has 1 saturated carbocycles. The van der Waals surface area contributed by atoms with Crippen LogP contribution >= 0.6 is 0 Å². The zero-order chi connectivity index (χ0) is 12.3. The van der Waals surface area contributed by atoms with Crippen molar-refractivity contribution in [2.75, 3.05) is 13.3 Å². The van der Waals surface area contributed by atoms with Crippen molar-refractivity contribution in [2.45, 2.75) is 43.5 Å². The van der Waals surface area contributed by atoms with Crippen LogP contribution in [-0.2, 0) is 14.6 Å². The summed E-state index contributed by atoms with van der Waals surface area (Å²) in [6.07, 6.45) is 3.67. The normalized spacial score (nSPS) is 27.7. The summed E-state index contributed by atoms with van der Waals surface area (Å²) in [5.74, 6) is -0.112. The number of amides is 1. The molecule has 0 heterocycles.